The van der Waals surface area contributed by atoms with Crippen LogP contribution in [-0.2, 0) is 10.0 Å². The molecule has 0 unspecified atom stereocenters. The predicted molar refractivity (Wildman–Crippen MR) is 95.2 cm³/mol. The molecule has 3 rings (SSSR count). The zero-order valence-electron chi connectivity index (χ0n) is 13.4. The van der Waals surface area contributed by atoms with Crippen molar-refractivity contribution in [1.29, 1.82) is 0 Å². The van der Waals surface area contributed by atoms with Gasteiger partial charge in [0.2, 0.25) is 16.8 Å². The van der Waals surface area contributed by atoms with Crippen LogP contribution in [0.5, 0.6) is 11.5 Å². The third-order valence-corrected chi connectivity index (χ3v) is 4.35. The van der Waals surface area contributed by atoms with Crippen molar-refractivity contribution in [2.75, 3.05) is 23.1 Å². The summed E-state index contributed by atoms with van der Waals surface area (Å²) < 4.78 is 35.7. The Hall–Kier alpha value is -2.45. The second-order valence-corrected chi connectivity index (χ2v) is 7.71. The quantitative estimate of drug-likeness (QED) is 0.847. The molecule has 0 atom stereocenters. The molecule has 2 N–H and O–H groups in total. The van der Waals surface area contributed by atoms with Crippen molar-refractivity contribution in [1.82, 2.24) is 0 Å². The highest BCUT2D eigenvalue weighted by molar-refractivity contribution is 7.92. The maximum atomic E-state index is 12.4. The van der Waals surface area contributed by atoms with Crippen LogP contribution in [0.2, 0.25) is 5.02 Å². The highest BCUT2D eigenvalue weighted by Gasteiger charge is 2.21. The van der Waals surface area contributed by atoms with Gasteiger partial charge in [-0.25, -0.2) is 8.42 Å². The number of amides is 1. The summed E-state index contributed by atoms with van der Waals surface area (Å²) in [5.74, 6) is 0.406. The van der Waals surface area contributed by atoms with E-state index in [1.165, 1.54) is 12.1 Å². The summed E-state index contributed by atoms with van der Waals surface area (Å²) in [7, 11) is -3.42. The molecule has 2 aromatic carbocycles. The molecule has 7 nitrogen and oxygen atoms in total. The smallest absolute Gasteiger partial charge is 0.255 e. The Morgan fingerprint density at radius 1 is 1.20 bits per heavy atom. The van der Waals surface area contributed by atoms with Gasteiger partial charge in [-0.2, -0.15) is 0 Å². The van der Waals surface area contributed by atoms with Crippen LogP contribution >= 0.6 is 11.6 Å². The molecule has 0 spiro atoms. The average molecular weight is 383 g/mol. The highest BCUT2D eigenvalue weighted by atomic mass is 35.5. The number of ether oxygens (including phenoxy) is 2. The predicted octanol–water partition coefficient (Wildman–Crippen LogP) is 3.00. The molecule has 1 amide bonds. The molecule has 0 saturated heterocycles. The van der Waals surface area contributed by atoms with Crippen LogP contribution in [0.15, 0.2) is 30.3 Å². The van der Waals surface area contributed by atoms with Crippen molar-refractivity contribution in [3.05, 3.63) is 46.5 Å². The van der Waals surface area contributed by atoms with E-state index in [4.69, 9.17) is 21.1 Å². The van der Waals surface area contributed by atoms with Crippen LogP contribution in [0.1, 0.15) is 15.9 Å². The number of halogens is 1. The summed E-state index contributed by atoms with van der Waals surface area (Å²) in [6, 6.07) is 7.94. The summed E-state index contributed by atoms with van der Waals surface area (Å²) >= 11 is 6.08. The first-order valence-corrected chi connectivity index (χ1v) is 9.49. The Bertz CT molecular complexity index is 959. The molecule has 1 aliphatic heterocycles. The number of carbonyl (C=O) groups is 1. The molecule has 132 valence electrons. The van der Waals surface area contributed by atoms with Crippen molar-refractivity contribution in [3.63, 3.8) is 0 Å². The molecule has 1 aliphatic rings. The van der Waals surface area contributed by atoms with Gasteiger partial charge in [-0.3, -0.25) is 9.52 Å². The molecule has 1 heterocycles. The van der Waals surface area contributed by atoms with Gasteiger partial charge < -0.3 is 14.8 Å². The Labute approximate surface area is 149 Å². The van der Waals surface area contributed by atoms with Crippen LogP contribution in [0.25, 0.3) is 0 Å². The summed E-state index contributed by atoms with van der Waals surface area (Å²) in [5.41, 5.74) is 1.86. The standard InChI is InChI=1S/C16H15ClN2O5S/c1-9-3-4-11(7-13(9)19-25(2,21)22)18-16(20)10-5-12(17)15-14(6-10)23-8-24-15/h3-7,19H,8H2,1-2H3,(H,18,20). The van der Waals surface area contributed by atoms with Crippen LogP contribution < -0.4 is 19.5 Å². The normalized spacial score (nSPS) is 12.8. The molecule has 9 heteroatoms. The second-order valence-electron chi connectivity index (χ2n) is 5.55. The number of nitrogens with one attached hydrogen (secondary N) is 2. The minimum absolute atomic E-state index is 0.0542. The minimum atomic E-state index is -3.42. The number of hydrogen-bond donors (Lipinski definition) is 2. The Balaban J connectivity index is 1.84. The Morgan fingerprint density at radius 3 is 2.68 bits per heavy atom. The number of benzene rings is 2. The molecular weight excluding hydrogens is 368 g/mol. The maximum Gasteiger partial charge on any atom is 0.255 e. The van der Waals surface area contributed by atoms with Gasteiger partial charge in [0.05, 0.1) is 17.0 Å². The number of aryl methyl sites for hydroxylation is 1. The van der Waals surface area contributed by atoms with Gasteiger partial charge in [0.1, 0.15) is 0 Å². The van der Waals surface area contributed by atoms with E-state index in [1.54, 1.807) is 25.1 Å². The fourth-order valence-electron chi connectivity index (χ4n) is 2.31. The first-order chi connectivity index (χ1) is 11.7. The van der Waals surface area contributed by atoms with E-state index in [0.717, 1.165) is 11.8 Å². The van der Waals surface area contributed by atoms with Crippen molar-refractivity contribution >= 4 is 38.9 Å². The van der Waals surface area contributed by atoms with Crippen molar-refractivity contribution < 1.29 is 22.7 Å². The lowest BCUT2D eigenvalue weighted by Crippen LogP contribution is -2.14. The number of anilines is 2. The van der Waals surface area contributed by atoms with Gasteiger partial charge in [-0.15, -0.1) is 0 Å². The van der Waals surface area contributed by atoms with Gasteiger partial charge in [-0.1, -0.05) is 17.7 Å². The topological polar surface area (TPSA) is 93.7 Å². The maximum absolute atomic E-state index is 12.4. The fourth-order valence-corrected chi connectivity index (χ4v) is 3.20. The highest BCUT2D eigenvalue weighted by Crippen LogP contribution is 2.39. The second kappa shape index (κ2) is 6.45. The number of carbonyl (C=O) groups excluding carboxylic acids is 1. The summed E-state index contributed by atoms with van der Waals surface area (Å²) in [4.78, 5) is 12.4. The van der Waals surface area contributed by atoms with Gasteiger partial charge in [0.15, 0.2) is 11.5 Å². The molecule has 0 aliphatic carbocycles. The monoisotopic (exact) mass is 382 g/mol. The van der Waals surface area contributed by atoms with E-state index in [2.05, 4.69) is 10.0 Å². The number of rotatable bonds is 4. The Morgan fingerprint density at radius 2 is 1.96 bits per heavy atom. The lowest BCUT2D eigenvalue weighted by atomic mass is 10.1. The third-order valence-electron chi connectivity index (χ3n) is 3.48. The molecule has 0 saturated carbocycles. The minimum Gasteiger partial charge on any atom is -0.454 e. The lowest BCUT2D eigenvalue weighted by Gasteiger charge is -2.11. The third kappa shape index (κ3) is 3.97. The van der Waals surface area contributed by atoms with Crippen LogP contribution in [-0.4, -0.2) is 27.4 Å². The van der Waals surface area contributed by atoms with Crippen LogP contribution in [0.4, 0.5) is 11.4 Å². The molecule has 25 heavy (non-hydrogen) atoms. The van der Waals surface area contributed by atoms with Gasteiger partial charge >= 0.3 is 0 Å². The van der Waals surface area contributed by atoms with E-state index >= 15 is 0 Å². The molecule has 0 radical (unpaired) electrons. The molecular formula is C16H15ClN2O5S. The van der Waals surface area contributed by atoms with E-state index in [1.807, 2.05) is 0 Å². The zero-order valence-corrected chi connectivity index (χ0v) is 15.0. The van der Waals surface area contributed by atoms with Crippen LogP contribution in [0, 0.1) is 6.92 Å². The van der Waals surface area contributed by atoms with E-state index < -0.39 is 15.9 Å². The number of sulfonamides is 1. The van der Waals surface area contributed by atoms with E-state index in [0.29, 0.717) is 28.4 Å². The zero-order chi connectivity index (χ0) is 18.2. The molecule has 0 bridgehead atoms. The van der Waals surface area contributed by atoms with Gasteiger partial charge in [0.25, 0.3) is 5.91 Å². The first kappa shape index (κ1) is 17.4. The first-order valence-electron chi connectivity index (χ1n) is 7.22. The molecule has 2 aromatic rings. The van der Waals surface area contributed by atoms with Crippen molar-refractivity contribution in [3.8, 4) is 11.5 Å². The van der Waals surface area contributed by atoms with Gasteiger partial charge in [0, 0.05) is 11.3 Å². The summed E-state index contributed by atoms with van der Waals surface area (Å²) in [5, 5.41) is 2.98. The fraction of sp³-hybridized carbons (Fsp3) is 0.188. The molecule has 0 aromatic heterocycles. The number of fused-ring (bicyclic) bond motifs is 1. The Kier molecular flexibility index (Phi) is 4.49. The number of hydrogen-bond acceptors (Lipinski definition) is 5. The van der Waals surface area contributed by atoms with Crippen molar-refractivity contribution in [2.24, 2.45) is 0 Å². The summed E-state index contributed by atoms with van der Waals surface area (Å²) in [6.45, 7) is 1.81. The lowest BCUT2D eigenvalue weighted by molar-refractivity contribution is 0.102. The van der Waals surface area contributed by atoms with Crippen molar-refractivity contribution in [2.45, 2.75) is 6.92 Å². The largest absolute Gasteiger partial charge is 0.454 e. The summed E-state index contributed by atoms with van der Waals surface area (Å²) in [6.07, 6.45) is 1.06. The molecule has 0 fully saturated rings. The average Bonchev–Trinajstić information content (AvgIpc) is 2.98. The van der Waals surface area contributed by atoms with Gasteiger partial charge in [-0.05, 0) is 36.8 Å². The SMILES string of the molecule is Cc1ccc(NC(=O)c2cc(Cl)c3c(c2)OCO3)cc1NS(C)(=O)=O. The van der Waals surface area contributed by atoms with E-state index in [9.17, 15) is 13.2 Å². The van der Waals surface area contributed by atoms with Crippen LogP contribution in [0.3, 0.4) is 0 Å². The van der Waals surface area contributed by atoms with E-state index in [-0.39, 0.29) is 11.8 Å².